The fourth-order valence-electron chi connectivity index (χ4n) is 1.84. The van der Waals surface area contributed by atoms with Gasteiger partial charge in [-0.15, -0.1) is 0 Å². The van der Waals surface area contributed by atoms with Gasteiger partial charge in [0.15, 0.2) is 0 Å². The minimum atomic E-state index is 0.353. The molecule has 4 nitrogen and oxygen atoms in total. The summed E-state index contributed by atoms with van der Waals surface area (Å²) in [7, 11) is 0. The zero-order chi connectivity index (χ0) is 13.2. The number of hydrogen-bond acceptors (Lipinski definition) is 3. The summed E-state index contributed by atoms with van der Waals surface area (Å²) < 4.78 is 7.59. The fraction of sp³-hybridized carbons (Fsp3) is 0.0714. The summed E-state index contributed by atoms with van der Waals surface area (Å²) in [5, 5.41) is 0.596. The molecule has 3 rings (SSSR count). The SMILES string of the molecule is Nc1ccc(Cl)cc1OCc1cn2ccccc2n1. The van der Waals surface area contributed by atoms with Crippen molar-refractivity contribution < 1.29 is 4.74 Å². The van der Waals surface area contributed by atoms with Crippen LogP contribution in [0.15, 0.2) is 48.8 Å². The molecule has 0 atom stereocenters. The molecule has 0 aliphatic carbocycles. The Morgan fingerprint density at radius 1 is 1.26 bits per heavy atom. The number of imidazole rings is 1. The molecular formula is C14H12ClN3O. The highest BCUT2D eigenvalue weighted by atomic mass is 35.5. The van der Waals surface area contributed by atoms with Crippen molar-refractivity contribution in [1.82, 2.24) is 9.38 Å². The second-order valence-corrected chi connectivity index (χ2v) is 4.61. The summed E-state index contributed by atoms with van der Waals surface area (Å²) in [5.41, 5.74) is 8.11. The average Bonchev–Trinajstić information content (AvgIpc) is 2.82. The van der Waals surface area contributed by atoms with Gasteiger partial charge in [-0.05, 0) is 24.3 Å². The maximum absolute atomic E-state index is 5.91. The lowest BCUT2D eigenvalue weighted by atomic mass is 10.3. The number of nitrogen functional groups attached to an aromatic ring is 1. The van der Waals surface area contributed by atoms with E-state index in [4.69, 9.17) is 22.1 Å². The molecule has 3 aromatic rings. The first-order chi connectivity index (χ1) is 9.22. The van der Waals surface area contributed by atoms with Gasteiger partial charge in [-0.1, -0.05) is 17.7 Å². The lowest BCUT2D eigenvalue weighted by Gasteiger charge is -2.07. The van der Waals surface area contributed by atoms with Gasteiger partial charge in [0.2, 0.25) is 0 Å². The van der Waals surface area contributed by atoms with Gasteiger partial charge < -0.3 is 14.9 Å². The van der Waals surface area contributed by atoms with Crippen LogP contribution in [0.3, 0.4) is 0 Å². The number of benzene rings is 1. The summed E-state index contributed by atoms with van der Waals surface area (Å²) in [5.74, 6) is 0.574. The van der Waals surface area contributed by atoms with E-state index in [1.165, 1.54) is 0 Å². The molecule has 0 unspecified atom stereocenters. The number of aromatic nitrogens is 2. The van der Waals surface area contributed by atoms with Crippen LogP contribution in [0.25, 0.3) is 5.65 Å². The number of halogens is 1. The van der Waals surface area contributed by atoms with Crippen molar-refractivity contribution in [3.63, 3.8) is 0 Å². The predicted molar refractivity (Wildman–Crippen MR) is 75.4 cm³/mol. The van der Waals surface area contributed by atoms with E-state index in [-0.39, 0.29) is 0 Å². The highest BCUT2D eigenvalue weighted by Gasteiger charge is 2.05. The second kappa shape index (κ2) is 4.82. The van der Waals surface area contributed by atoms with Gasteiger partial charge in [0.1, 0.15) is 18.0 Å². The van der Waals surface area contributed by atoms with Crippen LogP contribution in [0.1, 0.15) is 5.69 Å². The van der Waals surface area contributed by atoms with Crippen LogP contribution in [-0.4, -0.2) is 9.38 Å². The van der Waals surface area contributed by atoms with E-state index in [1.54, 1.807) is 18.2 Å². The van der Waals surface area contributed by atoms with Crippen molar-refractivity contribution in [2.45, 2.75) is 6.61 Å². The molecule has 0 spiro atoms. The number of anilines is 1. The van der Waals surface area contributed by atoms with E-state index < -0.39 is 0 Å². The Hall–Kier alpha value is -2.20. The van der Waals surface area contributed by atoms with Crippen LogP contribution in [0.4, 0.5) is 5.69 Å². The molecule has 0 radical (unpaired) electrons. The molecule has 0 bridgehead atoms. The highest BCUT2D eigenvalue weighted by molar-refractivity contribution is 6.30. The summed E-state index contributed by atoms with van der Waals surface area (Å²) >= 11 is 5.91. The van der Waals surface area contributed by atoms with Gasteiger partial charge in [-0.3, -0.25) is 0 Å². The van der Waals surface area contributed by atoms with Crippen LogP contribution >= 0.6 is 11.6 Å². The molecule has 0 amide bonds. The highest BCUT2D eigenvalue weighted by Crippen LogP contribution is 2.26. The maximum Gasteiger partial charge on any atom is 0.144 e. The second-order valence-electron chi connectivity index (χ2n) is 4.17. The minimum Gasteiger partial charge on any atom is -0.485 e. The molecule has 2 heterocycles. The monoisotopic (exact) mass is 273 g/mol. The molecule has 2 N–H and O–H groups in total. The summed E-state index contributed by atoms with van der Waals surface area (Å²) in [4.78, 5) is 4.44. The van der Waals surface area contributed by atoms with Crippen LogP contribution in [-0.2, 0) is 6.61 Å². The third-order valence-corrected chi connectivity index (χ3v) is 3.00. The third-order valence-electron chi connectivity index (χ3n) is 2.77. The van der Waals surface area contributed by atoms with Gasteiger partial charge in [0.05, 0.1) is 11.4 Å². The number of pyridine rings is 1. The Morgan fingerprint density at radius 3 is 3.00 bits per heavy atom. The van der Waals surface area contributed by atoms with Crippen molar-refractivity contribution >= 4 is 22.9 Å². The van der Waals surface area contributed by atoms with E-state index in [0.29, 0.717) is 23.1 Å². The number of ether oxygens (including phenoxy) is 1. The number of fused-ring (bicyclic) bond motifs is 1. The summed E-state index contributed by atoms with van der Waals surface area (Å²) in [6, 6.07) is 11.0. The number of nitrogens with zero attached hydrogens (tertiary/aromatic N) is 2. The lowest BCUT2D eigenvalue weighted by molar-refractivity contribution is 0.304. The molecule has 0 fully saturated rings. The van der Waals surface area contributed by atoms with E-state index >= 15 is 0 Å². The fourth-order valence-corrected chi connectivity index (χ4v) is 2.00. The minimum absolute atomic E-state index is 0.353. The number of hydrogen-bond donors (Lipinski definition) is 1. The van der Waals surface area contributed by atoms with Crippen LogP contribution in [0, 0.1) is 0 Å². The van der Waals surface area contributed by atoms with Gasteiger partial charge in [0.25, 0.3) is 0 Å². The zero-order valence-electron chi connectivity index (χ0n) is 10.1. The topological polar surface area (TPSA) is 52.5 Å². The quantitative estimate of drug-likeness (QED) is 0.746. The molecule has 0 aliphatic rings. The Labute approximate surface area is 115 Å². The van der Waals surface area contributed by atoms with E-state index in [2.05, 4.69) is 4.98 Å². The first-order valence-electron chi connectivity index (χ1n) is 5.83. The predicted octanol–water partition coefficient (Wildman–Crippen LogP) is 3.15. The Balaban J connectivity index is 1.80. The normalized spacial score (nSPS) is 10.8. The average molecular weight is 274 g/mol. The third kappa shape index (κ3) is 2.48. The molecular weight excluding hydrogens is 262 g/mol. The standard InChI is InChI=1S/C14H12ClN3O/c15-10-4-5-12(16)13(7-10)19-9-11-8-18-6-2-1-3-14(18)17-11/h1-8H,9,16H2. The maximum atomic E-state index is 5.91. The summed E-state index contributed by atoms with van der Waals surface area (Å²) in [6.07, 6.45) is 3.87. The van der Waals surface area contributed by atoms with Gasteiger partial charge >= 0.3 is 0 Å². The molecule has 0 saturated heterocycles. The van der Waals surface area contributed by atoms with Crippen LogP contribution in [0.5, 0.6) is 5.75 Å². The van der Waals surface area contributed by atoms with Gasteiger partial charge in [-0.25, -0.2) is 4.98 Å². The molecule has 96 valence electrons. The number of rotatable bonds is 3. The molecule has 5 heteroatoms. The summed E-state index contributed by atoms with van der Waals surface area (Å²) in [6.45, 7) is 0.353. The number of nitrogens with two attached hydrogens (primary N) is 1. The largest absolute Gasteiger partial charge is 0.485 e. The lowest BCUT2D eigenvalue weighted by Crippen LogP contribution is -1.98. The van der Waals surface area contributed by atoms with Crippen molar-refractivity contribution in [2.75, 3.05) is 5.73 Å². The van der Waals surface area contributed by atoms with Gasteiger partial charge in [-0.2, -0.15) is 0 Å². The Morgan fingerprint density at radius 2 is 2.16 bits per heavy atom. The van der Waals surface area contributed by atoms with Crippen molar-refractivity contribution in [3.8, 4) is 5.75 Å². The van der Waals surface area contributed by atoms with Crippen molar-refractivity contribution in [3.05, 3.63) is 59.5 Å². The zero-order valence-corrected chi connectivity index (χ0v) is 10.8. The Kier molecular flexibility index (Phi) is 3.01. The van der Waals surface area contributed by atoms with Crippen molar-refractivity contribution in [2.24, 2.45) is 0 Å². The molecule has 1 aromatic carbocycles. The van der Waals surface area contributed by atoms with E-state index in [1.807, 2.05) is 35.0 Å². The van der Waals surface area contributed by atoms with E-state index in [9.17, 15) is 0 Å². The first kappa shape index (κ1) is 11.9. The van der Waals surface area contributed by atoms with Crippen LogP contribution in [0.2, 0.25) is 5.02 Å². The van der Waals surface area contributed by atoms with Crippen LogP contribution < -0.4 is 10.5 Å². The molecule has 2 aromatic heterocycles. The molecule has 0 aliphatic heterocycles. The first-order valence-corrected chi connectivity index (χ1v) is 6.20. The van der Waals surface area contributed by atoms with Crippen molar-refractivity contribution in [1.29, 1.82) is 0 Å². The smallest absolute Gasteiger partial charge is 0.144 e. The Bertz CT molecular complexity index is 691. The van der Waals surface area contributed by atoms with E-state index in [0.717, 1.165) is 11.3 Å². The van der Waals surface area contributed by atoms with Gasteiger partial charge in [0, 0.05) is 23.5 Å². The molecule has 0 saturated carbocycles. The molecule has 19 heavy (non-hydrogen) atoms.